The molecule has 1 aromatic carbocycles. The van der Waals surface area contributed by atoms with E-state index >= 15 is 0 Å². The van der Waals surface area contributed by atoms with Crippen LogP contribution in [0, 0.1) is 0 Å². The molecule has 0 heterocycles. The number of aliphatic carboxylic acids is 1. The van der Waals surface area contributed by atoms with Gasteiger partial charge >= 0.3 is 5.97 Å². The van der Waals surface area contributed by atoms with E-state index in [1.165, 1.54) is 0 Å². The summed E-state index contributed by atoms with van der Waals surface area (Å²) < 4.78 is 5.78. The molecule has 5 nitrogen and oxygen atoms in total. The van der Waals surface area contributed by atoms with Crippen LogP contribution in [-0.2, 0) is 16.0 Å². The minimum atomic E-state index is -0.974. The standard InChI is InChI=1S/C17H24ClNO4/c1-2-3-4-11-23-15-6-5-14(18)12-13(15)9-10-19-16(20)7-8-17(21)22/h5-6,12H,2-4,7-11H2,1H3,(H,19,20)(H,21,22). The first-order valence-electron chi connectivity index (χ1n) is 7.92. The molecule has 0 bridgehead atoms. The molecule has 1 amide bonds. The number of carbonyl (C=O) groups is 2. The van der Waals surface area contributed by atoms with Crippen LogP contribution in [0.4, 0.5) is 0 Å². The van der Waals surface area contributed by atoms with Crippen LogP contribution in [0.15, 0.2) is 18.2 Å². The monoisotopic (exact) mass is 341 g/mol. The highest BCUT2D eigenvalue weighted by Gasteiger charge is 2.08. The summed E-state index contributed by atoms with van der Waals surface area (Å²) in [7, 11) is 0. The summed E-state index contributed by atoms with van der Waals surface area (Å²) in [5.41, 5.74) is 0.938. The van der Waals surface area contributed by atoms with Crippen LogP contribution in [0.2, 0.25) is 5.02 Å². The highest BCUT2D eigenvalue weighted by atomic mass is 35.5. The van der Waals surface area contributed by atoms with Gasteiger partial charge in [0.25, 0.3) is 0 Å². The quantitative estimate of drug-likeness (QED) is 0.604. The fourth-order valence-corrected chi connectivity index (χ4v) is 2.26. The predicted octanol–water partition coefficient (Wildman–Crippen LogP) is 3.43. The van der Waals surface area contributed by atoms with Crippen molar-refractivity contribution in [2.45, 2.75) is 45.4 Å². The third kappa shape index (κ3) is 8.45. The molecule has 0 aliphatic heterocycles. The molecule has 0 unspecified atom stereocenters. The number of carbonyl (C=O) groups excluding carboxylic acids is 1. The van der Waals surface area contributed by atoms with Gasteiger partial charge in [-0.15, -0.1) is 0 Å². The zero-order chi connectivity index (χ0) is 17.1. The number of carboxylic acids is 1. The first kappa shape index (κ1) is 19.3. The average Bonchev–Trinajstić information content (AvgIpc) is 2.51. The number of rotatable bonds is 11. The van der Waals surface area contributed by atoms with E-state index in [1.54, 1.807) is 6.07 Å². The topological polar surface area (TPSA) is 75.6 Å². The number of benzene rings is 1. The third-order valence-corrected chi connectivity index (χ3v) is 3.55. The smallest absolute Gasteiger partial charge is 0.303 e. The summed E-state index contributed by atoms with van der Waals surface area (Å²) in [5, 5.41) is 11.9. The molecule has 0 saturated heterocycles. The van der Waals surface area contributed by atoms with Crippen molar-refractivity contribution in [3.8, 4) is 5.75 Å². The van der Waals surface area contributed by atoms with Gasteiger partial charge in [-0.2, -0.15) is 0 Å². The molecule has 0 aliphatic carbocycles. The molecule has 0 saturated carbocycles. The number of halogens is 1. The Bertz CT molecular complexity index is 519. The Morgan fingerprint density at radius 3 is 2.74 bits per heavy atom. The molecule has 6 heteroatoms. The van der Waals surface area contributed by atoms with E-state index in [2.05, 4.69) is 12.2 Å². The number of unbranched alkanes of at least 4 members (excludes halogenated alkanes) is 2. The van der Waals surface area contributed by atoms with Crippen molar-refractivity contribution in [2.75, 3.05) is 13.2 Å². The van der Waals surface area contributed by atoms with Gasteiger partial charge in [-0.3, -0.25) is 9.59 Å². The maximum Gasteiger partial charge on any atom is 0.303 e. The Hall–Kier alpha value is -1.75. The second kappa shape index (κ2) is 10.9. The van der Waals surface area contributed by atoms with Crippen LogP contribution < -0.4 is 10.1 Å². The van der Waals surface area contributed by atoms with Crippen LogP contribution in [0.1, 0.15) is 44.6 Å². The van der Waals surface area contributed by atoms with E-state index in [0.29, 0.717) is 24.6 Å². The van der Waals surface area contributed by atoms with Gasteiger partial charge in [0.2, 0.25) is 5.91 Å². The maximum atomic E-state index is 11.5. The maximum absolute atomic E-state index is 11.5. The highest BCUT2D eigenvalue weighted by molar-refractivity contribution is 6.30. The molecule has 0 aliphatic rings. The second-order valence-corrected chi connectivity index (χ2v) is 5.74. The number of nitrogens with one attached hydrogen (secondary N) is 1. The lowest BCUT2D eigenvalue weighted by atomic mass is 10.1. The van der Waals surface area contributed by atoms with Gasteiger partial charge in [0, 0.05) is 18.0 Å². The van der Waals surface area contributed by atoms with Crippen LogP contribution in [0.25, 0.3) is 0 Å². The number of ether oxygens (including phenoxy) is 1. The lowest BCUT2D eigenvalue weighted by molar-refractivity contribution is -0.138. The summed E-state index contributed by atoms with van der Waals surface area (Å²) in [6, 6.07) is 5.46. The normalized spacial score (nSPS) is 10.3. The van der Waals surface area contributed by atoms with E-state index in [1.807, 2.05) is 12.1 Å². The first-order valence-corrected chi connectivity index (χ1v) is 8.30. The summed E-state index contributed by atoms with van der Waals surface area (Å²) in [6.45, 7) is 3.22. The van der Waals surface area contributed by atoms with Gasteiger partial charge in [0.1, 0.15) is 5.75 Å². The molecular formula is C17H24ClNO4. The Morgan fingerprint density at radius 2 is 2.04 bits per heavy atom. The molecule has 23 heavy (non-hydrogen) atoms. The second-order valence-electron chi connectivity index (χ2n) is 5.30. The zero-order valence-electron chi connectivity index (χ0n) is 13.4. The molecule has 2 N–H and O–H groups in total. The van der Waals surface area contributed by atoms with Crippen LogP contribution in [-0.4, -0.2) is 30.1 Å². The van der Waals surface area contributed by atoms with Gasteiger partial charge in [-0.05, 0) is 36.6 Å². The first-order chi connectivity index (χ1) is 11.0. The summed E-state index contributed by atoms with van der Waals surface area (Å²) >= 11 is 6.02. The molecular weight excluding hydrogens is 318 g/mol. The molecule has 128 valence electrons. The summed E-state index contributed by atoms with van der Waals surface area (Å²) in [5.74, 6) is -0.456. The Balaban J connectivity index is 2.46. The minimum Gasteiger partial charge on any atom is -0.493 e. The van der Waals surface area contributed by atoms with Gasteiger partial charge < -0.3 is 15.2 Å². The molecule has 0 spiro atoms. The predicted molar refractivity (Wildman–Crippen MR) is 90.1 cm³/mol. The fourth-order valence-electron chi connectivity index (χ4n) is 2.06. The number of carboxylic acid groups (broad SMARTS) is 1. The van der Waals surface area contributed by atoms with Crippen molar-refractivity contribution in [3.05, 3.63) is 28.8 Å². The van der Waals surface area contributed by atoms with E-state index in [-0.39, 0.29) is 18.7 Å². The van der Waals surface area contributed by atoms with Crippen molar-refractivity contribution in [1.29, 1.82) is 0 Å². The zero-order valence-corrected chi connectivity index (χ0v) is 14.2. The Morgan fingerprint density at radius 1 is 1.26 bits per heavy atom. The summed E-state index contributed by atoms with van der Waals surface area (Å²) in [6.07, 6.45) is 3.69. The lowest BCUT2D eigenvalue weighted by Gasteiger charge is -2.12. The third-order valence-electron chi connectivity index (χ3n) is 3.31. The molecule has 1 aromatic rings. The largest absolute Gasteiger partial charge is 0.493 e. The van der Waals surface area contributed by atoms with E-state index in [4.69, 9.17) is 21.4 Å². The van der Waals surface area contributed by atoms with Crippen molar-refractivity contribution < 1.29 is 19.4 Å². The van der Waals surface area contributed by atoms with Crippen molar-refractivity contribution in [2.24, 2.45) is 0 Å². The van der Waals surface area contributed by atoms with Gasteiger partial charge in [0.15, 0.2) is 0 Å². The highest BCUT2D eigenvalue weighted by Crippen LogP contribution is 2.23. The Labute approximate surface area is 142 Å². The number of hydrogen-bond donors (Lipinski definition) is 2. The SMILES string of the molecule is CCCCCOc1ccc(Cl)cc1CCNC(=O)CCC(=O)O. The molecule has 1 rings (SSSR count). The van der Waals surface area contributed by atoms with Gasteiger partial charge in [0.05, 0.1) is 13.0 Å². The van der Waals surface area contributed by atoms with Crippen LogP contribution >= 0.6 is 11.6 Å². The van der Waals surface area contributed by atoms with Crippen LogP contribution in [0.3, 0.4) is 0 Å². The van der Waals surface area contributed by atoms with Crippen molar-refractivity contribution in [1.82, 2.24) is 5.32 Å². The average molecular weight is 342 g/mol. The van der Waals surface area contributed by atoms with E-state index < -0.39 is 5.97 Å². The number of hydrogen-bond acceptors (Lipinski definition) is 3. The minimum absolute atomic E-state index is 0.00868. The van der Waals surface area contributed by atoms with E-state index in [0.717, 1.165) is 30.6 Å². The number of amides is 1. The lowest BCUT2D eigenvalue weighted by Crippen LogP contribution is -2.26. The van der Waals surface area contributed by atoms with E-state index in [9.17, 15) is 9.59 Å². The van der Waals surface area contributed by atoms with Crippen molar-refractivity contribution >= 4 is 23.5 Å². The summed E-state index contributed by atoms with van der Waals surface area (Å²) in [4.78, 5) is 21.9. The molecule has 0 atom stereocenters. The van der Waals surface area contributed by atoms with Gasteiger partial charge in [-0.1, -0.05) is 31.4 Å². The Kier molecular flexibility index (Phi) is 9.14. The van der Waals surface area contributed by atoms with Crippen LogP contribution in [0.5, 0.6) is 5.75 Å². The van der Waals surface area contributed by atoms with Crippen molar-refractivity contribution in [3.63, 3.8) is 0 Å². The molecule has 0 radical (unpaired) electrons. The molecule has 0 aromatic heterocycles. The molecule has 0 fully saturated rings. The van der Waals surface area contributed by atoms with Gasteiger partial charge in [-0.25, -0.2) is 0 Å². The fraction of sp³-hybridized carbons (Fsp3) is 0.529.